The van der Waals surface area contributed by atoms with Crippen molar-refractivity contribution in [2.45, 2.75) is 51.7 Å². The molecule has 6 aromatic rings. The normalized spacial score (nSPS) is 15.0. The number of carbonyl (C=O) groups is 2. The van der Waals surface area contributed by atoms with Crippen molar-refractivity contribution in [3.05, 3.63) is 136 Å². The Balaban J connectivity index is 0.00000496. The second kappa shape index (κ2) is 17.2. The summed E-state index contributed by atoms with van der Waals surface area (Å²) in [5, 5.41) is 11.7. The molecule has 57 heavy (non-hydrogen) atoms. The van der Waals surface area contributed by atoms with E-state index >= 15 is 9.59 Å². The summed E-state index contributed by atoms with van der Waals surface area (Å²) in [6, 6.07) is 30.6. The number of aromatic hydroxyl groups is 1. The summed E-state index contributed by atoms with van der Waals surface area (Å²) in [4.78, 5) is 36.3. The minimum atomic E-state index is -0.179. The van der Waals surface area contributed by atoms with E-state index in [0.29, 0.717) is 35.0 Å². The number of hydrogen-bond donors (Lipinski definition) is 1. The van der Waals surface area contributed by atoms with E-state index in [1.165, 1.54) is 5.56 Å². The minimum Gasteiger partial charge on any atom is -0.508 e. The molecule has 0 saturated heterocycles. The predicted octanol–water partition coefficient (Wildman–Crippen LogP) is 9.28. The van der Waals surface area contributed by atoms with Crippen LogP contribution in [-0.2, 0) is 37.7 Å². The highest BCUT2D eigenvalue weighted by molar-refractivity contribution is 6.31. The van der Waals surface area contributed by atoms with Crippen molar-refractivity contribution >= 4 is 58.1 Å². The topological polar surface area (TPSA) is 83.2 Å². The molecule has 0 spiro atoms. The zero-order chi connectivity index (χ0) is 38.9. The molecule has 0 fully saturated rings. The lowest BCUT2D eigenvalue weighted by Crippen LogP contribution is -2.50. The largest absolute Gasteiger partial charge is 0.508 e. The Morgan fingerprint density at radius 2 is 1.68 bits per heavy atom. The molecular formula is C46H49Cl2N5O4. The molecule has 1 N–H and O–H groups in total. The van der Waals surface area contributed by atoms with Gasteiger partial charge in [0, 0.05) is 102 Å². The molecule has 1 atom stereocenters. The molecule has 0 radical (unpaired) electrons. The number of hydrogen-bond acceptors (Lipinski definition) is 5. The van der Waals surface area contributed by atoms with E-state index in [1.807, 2.05) is 66.7 Å². The van der Waals surface area contributed by atoms with Gasteiger partial charge in [-0.25, -0.2) is 0 Å². The molecule has 0 bridgehead atoms. The fourth-order valence-electron chi connectivity index (χ4n) is 8.55. The Morgan fingerprint density at radius 1 is 0.912 bits per heavy atom. The highest BCUT2D eigenvalue weighted by Crippen LogP contribution is 2.39. The molecule has 296 valence electrons. The van der Waals surface area contributed by atoms with Gasteiger partial charge < -0.3 is 23.9 Å². The number of carbonyl (C=O) groups excluding carboxylic acids is 2. The molecule has 8 rings (SSSR count). The van der Waals surface area contributed by atoms with Gasteiger partial charge in [-0.2, -0.15) is 0 Å². The third kappa shape index (κ3) is 7.94. The number of likely N-dealkylation sites (N-methyl/N-ethyl adjacent to an activating group) is 1. The first-order chi connectivity index (χ1) is 27.2. The zero-order valence-corrected chi connectivity index (χ0v) is 34.2. The number of benzene rings is 4. The van der Waals surface area contributed by atoms with Crippen LogP contribution in [0, 0.1) is 0 Å². The standard InChI is InChI=1S/C46H48ClN5O4.ClH/c1-4-49(23-24-56-3)30-37-25-31-9-5-6-10-33(31)29-51(37)45(54)39-18-12-34(47)27-40(39)44-28-41(43-11-7-8-21-50(43)44)46(55)52(35-13-16-38(53)17-14-35)36-15-19-42-32(26-36)20-22-48(42)2;/h5-6,9-10,12-20,22,26-28,37,53H,4,7-8,11,21,23-25,29-30H2,1-3H3;1H/t37-;/m0./s1. The Kier molecular flexibility index (Phi) is 12.1. The van der Waals surface area contributed by atoms with Crippen LogP contribution in [0.3, 0.4) is 0 Å². The molecule has 2 aliphatic heterocycles. The quantitative estimate of drug-likeness (QED) is 0.141. The van der Waals surface area contributed by atoms with Crippen molar-refractivity contribution in [3.63, 3.8) is 0 Å². The molecule has 0 unspecified atom stereocenters. The first kappa shape index (κ1) is 40.1. The van der Waals surface area contributed by atoms with Gasteiger partial charge in [0.05, 0.1) is 12.2 Å². The summed E-state index contributed by atoms with van der Waals surface area (Å²) in [7, 11) is 3.72. The van der Waals surface area contributed by atoms with Crippen LogP contribution >= 0.6 is 24.0 Å². The minimum absolute atomic E-state index is 0. The van der Waals surface area contributed by atoms with Crippen molar-refractivity contribution in [2.24, 2.45) is 7.05 Å². The van der Waals surface area contributed by atoms with Gasteiger partial charge >= 0.3 is 0 Å². The number of amides is 2. The fraction of sp³-hybridized carbons (Fsp3) is 0.304. The number of anilines is 2. The van der Waals surface area contributed by atoms with Crippen molar-refractivity contribution in [3.8, 4) is 17.0 Å². The summed E-state index contributed by atoms with van der Waals surface area (Å²) in [6.07, 6.45) is 5.40. The number of fused-ring (bicyclic) bond motifs is 3. The van der Waals surface area contributed by atoms with Gasteiger partial charge in [-0.15, -0.1) is 12.4 Å². The third-order valence-electron chi connectivity index (χ3n) is 11.6. The highest BCUT2D eigenvalue weighted by Gasteiger charge is 2.34. The van der Waals surface area contributed by atoms with Gasteiger partial charge in [-0.05, 0) is 116 Å². The predicted molar refractivity (Wildman–Crippen MR) is 230 cm³/mol. The van der Waals surface area contributed by atoms with Crippen LogP contribution < -0.4 is 4.90 Å². The van der Waals surface area contributed by atoms with Crippen LogP contribution in [0.15, 0.2) is 103 Å². The van der Waals surface area contributed by atoms with E-state index in [1.54, 1.807) is 42.3 Å². The van der Waals surface area contributed by atoms with Crippen LogP contribution in [0.4, 0.5) is 11.4 Å². The van der Waals surface area contributed by atoms with Crippen LogP contribution in [0.2, 0.25) is 5.02 Å². The second-order valence-electron chi connectivity index (χ2n) is 15.0. The average molecular weight is 807 g/mol. The van der Waals surface area contributed by atoms with Gasteiger partial charge in [-0.3, -0.25) is 19.4 Å². The Labute approximate surface area is 345 Å². The molecule has 11 heteroatoms. The number of ether oxygens (including phenoxy) is 1. The van der Waals surface area contributed by atoms with Crippen molar-refractivity contribution in [2.75, 3.05) is 38.3 Å². The SMILES string of the molecule is CCN(CCOC)C[C@@H]1Cc2ccccc2CN1C(=O)c1ccc(Cl)cc1-c1cc(C(=O)N(c2ccc(O)cc2)c2ccc3c(ccn3C)c2)c2n1CCCC2.Cl. The lowest BCUT2D eigenvalue weighted by molar-refractivity contribution is 0.0561. The number of aromatic nitrogens is 2. The Bertz CT molecular complexity index is 2400. The van der Waals surface area contributed by atoms with Gasteiger partial charge in [0.25, 0.3) is 11.8 Å². The number of rotatable bonds is 11. The molecular weight excluding hydrogens is 757 g/mol. The molecule has 0 aliphatic carbocycles. The average Bonchev–Trinajstić information content (AvgIpc) is 3.79. The smallest absolute Gasteiger partial charge is 0.264 e. The first-order valence-corrected chi connectivity index (χ1v) is 19.9. The monoisotopic (exact) mass is 805 g/mol. The number of nitrogens with zero attached hydrogens (tertiary/aromatic N) is 5. The third-order valence-corrected chi connectivity index (χ3v) is 11.8. The Hall–Kier alpha value is -5.06. The maximum atomic E-state index is 15.1. The van der Waals surface area contributed by atoms with Crippen molar-refractivity contribution < 1.29 is 19.4 Å². The number of aryl methyl sites for hydroxylation is 1. The van der Waals surface area contributed by atoms with E-state index in [-0.39, 0.29) is 36.0 Å². The summed E-state index contributed by atoms with van der Waals surface area (Å²) in [6.45, 7) is 6.36. The van der Waals surface area contributed by atoms with Crippen LogP contribution in [0.1, 0.15) is 57.3 Å². The van der Waals surface area contributed by atoms with E-state index in [0.717, 1.165) is 91.0 Å². The molecule has 4 aromatic carbocycles. The molecule has 9 nitrogen and oxygen atoms in total. The maximum Gasteiger partial charge on any atom is 0.264 e. The van der Waals surface area contributed by atoms with Gasteiger partial charge in [0.2, 0.25) is 0 Å². The van der Waals surface area contributed by atoms with Crippen LogP contribution in [0.25, 0.3) is 22.2 Å². The summed E-state index contributed by atoms with van der Waals surface area (Å²) >= 11 is 6.76. The number of phenols is 1. The van der Waals surface area contributed by atoms with Gasteiger partial charge in [0.1, 0.15) is 5.75 Å². The summed E-state index contributed by atoms with van der Waals surface area (Å²) in [5.74, 6) is -0.112. The number of phenolic OH excluding ortho intramolecular Hbond substituents is 1. The highest BCUT2D eigenvalue weighted by atomic mass is 35.5. The van der Waals surface area contributed by atoms with Crippen molar-refractivity contribution in [1.82, 2.24) is 18.9 Å². The summed E-state index contributed by atoms with van der Waals surface area (Å²) in [5.41, 5.74) is 8.47. The molecule has 4 heterocycles. The molecule has 0 saturated carbocycles. The van der Waals surface area contributed by atoms with E-state index in [2.05, 4.69) is 39.2 Å². The fourth-order valence-corrected chi connectivity index (χ4v) is 8.73. The van der Waals surface area contributed by atoms with Crippen LogP contribution in [-0.4, -0.2) is 75.2 Å². The second-order valence-corrected chi connectivity index (χ2v) is 15.4. The van der Waals surface area contributed by atoms with Crippen LogP contribution in [0.5, 0.6) is 5.75 Å². The van der Waals surface area contributed by atoms with E-state index < -0.39 is 0 Å². The lowest BCUT2D eigenvalue weighted by atomic mass is 9.92. The molecule has 2 aliphatic rings. The van der Waals surface area contributed by atoms with E-state index in [9.17, 15) is 5.11 Å². The van der Waals surface area contributed by atoms with Crippen molar-refractivity contribution in [1.29, 1.82) is 0 Å². The van der Waals surface area contributed by atoms with Gasteiger partial charge in [0.15, 0.2) is 0 Å². The number of methoxy groups -OCH3 is 1. The maximum absolute atomic E-state index is 15.1. The Morgan fingerprint density at radius 3 is 2.46 bits per heavy atom. The van der Waals surface area contributed by atoms with E-state index in [4.69, 9.17) is 16.3 Å². The zero-order valence-electron chi connectivity index (χ0n) is 32.7. The summed E-state index contributed by atoms with van der Waals surface area (Å²) < 4.78 is 9.69. The van der Waals surface area contributed by atoms with Gasteiger partial charge in [-0.1, -0.05) is 42.8 Å². The lowest BCUT2D eigenvalue weighted by Gasteiger charge is -2.40. The number of halogens is 2. The molecule has 2 aromatic heterocycles. The molecule has 2 amide bonds. The first-order valence-electron chi connectivity index (χ1n) is 19.5.